The molecule has 5 heteroatoms. The van der Waals surface area contributed by atoms with Gasteiger partial charge in [0, 0.05) is 16.2 Å². The largest absolute Gasteiger partial charge is 0.281 e. The molecule has 1 heterocycles. The average Bonchev–Trinajstić information content (AvgIpc) is 2.03. The lowest BCUT2D eigenvalue weighted by molar-refractivity contribution is 0.145. The van der Waals surface area contributed by atoms with Gasteiger partial charge < -0.3 is 0 Å². The monoisotopic (exact) mass is 239 g/mol. The van der Waals surface area contributed by atoms with Crippen LogP contribution in [-0.2, 0) is 6.67 Å². The summed E-state index contributed by atoms with van der Waals surface area (Å²) < 4.78 is 36.3. The Morgan fingerprint density at radius 3 is 2.58 bits per heavy atom. The van der Waals surface area contributed by atoms with Crippen LogP contribution < -0.4 is 0 Å². The van der Waals surface area contributed by atoms with E-state index in [4.69, 9.17) is 0 Å². The Hall–Kier alpha value is -0.580. The minimum Gasteiger partial charge on any atom is -0.254 e. The van der Waals surface area contributed by atoms with E-state index in [0.29, 0.717) is 0 Å². The number of hydrogen-bond acceptors (Lipinski definition) is 1. The molecule has 0 aliphatic rings. The molecule has 1 aromatic rings. The van der Waals surface area contributed by atoms with Gasteiger partial charge in [-0.2, -0.15) is 0 Å². The van der Waals surface area contributed by atoms with Crippen LogP contribution in [0.2, 0.25) is 0 Å². The van der Waals surface area contributed by atoms with Crippen molar-refractivity contribution in [2.24, 2.45) is 0 Å². The van der Waals surface area contributed by atoms with E-state index in [1.165, 1.54) is 6.07 Å². The number of hydrogen-bond donors (Lipinski definition) is 0. The minimum absolute atomic E-state index is 0.146. The molecule has 66 valence electrons. The van der Waals surface area contributed by atoms with Gasteiger partial charge in [-0.05, 0) is 22.0 Å². The van der Waals surface area contributed by atoms with Crippen molar-refractivity contribution < 1.29 is 13.2 Å². The van der Waals surface area contributed by atoms with Crippen molar-refractivity contribution in [3.63, 3.8) is 0 Å². The average molecular weight is 240 g/mol. The number of pyridine rings is 1. The molecule has 0 aliphatic heterocycles. The molecule has 0 atom stereocenters. The second-order valence-electron chi connectivity index (χ2n) is 2.14. The summed E-state index contributed by atoms with van der Waals surface area (Å²) in [7, 11) is 0. The molecule has 0 unspecified atom stereocenters. The van der Waals surface area contributed by atoms with Crippen LogP contribution in [0.25, 0.3) is 0 Å². The van der Waals surface area contributed by atoms with Crippen molar-refractivity contribution >= 4 is 15.9 Å². The molecule has 1 nitrogen and oxygen atoms in total. The summed E-state index contributed by atoms with van der Waals surface area (Å²) in [4.78, 5) is 3.41. The van der Waals surface area contributed by atoms with Crippen molar-refractivity contribution in [2.75, 3.05) is 0 Å². The van der Waals surface area contributed by atoms with Gasteiger partial charge in [0.25, 0.3) is 6.43 Å². The zero-order chi connectivity index (χ0) is 9.14. The van der Waals surface area contributed by atoms with Gasteiger partial charge in [-0.25, -0.2) is 13.2 Å². The maximum atomic E-state index is 12.1. The quantitative estimate of drug-likeness (QED) is 0.773. The highest BCUT2D eigenvalue weighted by Gasteiger charge is 2.13. The fourth-order valence-electron chi connectivity index (χ4n) is 0.722. The number of alkyl halides is 3. The van der Waals surface area contributed by atoms with Crippen LogP contribution in [0, 0.1) is 0 Å². The van der Waals surface area contributed by atoms with Crippen molar-refractivity contribution in [1.82, 2.24) is 4.98 Å². The van der Waals surface area contributed by atoms with Gasteiger partial charge in [0.2, 0.25) is 0 Å². The lowest BCUT2D eigenvalue weighted by atomic mass is 10.3. The first-order valence-electron chi connectivity index (χ1n) is 3.13. The fraction of sp³-hybridized carbons (Fsp3) is 0.286. The smallest absolute Gasteiger partial charge is 0.254 e. The van der Waals surface area contributed by atoms with Gasteiger partial charge in [-0.3, -0.25) is 4.98 Å². The van der Waals surface area contributed by atoms with Gasteiger partial charge in [0.1, 0.15) is 12.4 Å². The summed E-state index contributed by atoms with van der Waals surface area (Å²) in [5.74, 6) is 0. The third-order valence-electron chi connectivity index (χ3n) is 1.29. The molecule has 0 saturated heterocycles. The van der Waals surface area contributed by atoms with E-state index in [1.54, 1.807) is 0 Å². The van der Waals surface area contributed by atoms with E-state index in [9.17, 15) is 13.2 Å². The van der Waals surface area contributed by atoms with E-state index < -0.39 is 13.1 Å². The first-order valence-corrected chi connectivity index (χ1v) is 3.93. The summed E-state index contributed by atoms with van der Waals surface area (Å²) >= 11 is 2.88. The van der Waals surface area contributed by atoms with Crippen LogP contribution in [0.1, 0.15) is 17.7 Å². The molecule has 0 N–H and O–H groups in total. The molecule has 0 radical (unpaired) electrons. The molecular weight excluding hydrogens is 235 g/mol. The fourth-order valence-corrected chi connectivity index (χ4v) is 1.29. The molecule has 1 rings (SSSR count). The molecule has 0 aromatic carbocycles. The summed E-state index contributed by atoms with van der Waals surface area (Å²) in [5.41, 5.74) is -0.0709. The van der Waals surface area contributed by atoms with Crippen molar-refractivity contribution in [3.05, 3.63) is 28.0 Å². The summed E-state index contributed by atoms with van der Waals surface area (Å²) in [5, 5.41) is 0. The van der Waals surface area contributed by atoms with Crippen LogP contribution in [-0.4, -0.2) is 4.98 Å². The lowest BCUT2D eigenvalue weighted by Gasteiger charge is -2.02. The van der Waals surface area contributed by atoms with Crippen molar-refractivity contribution in [2.45, 2.75) is 13.1 Å². The SMILES string of the molecule is FCc1cnc(C(F)F)c(Br)c1. The van der Waals surface area contributed by atoms with Gasteiger partial charge in [0.05, 0.1) is 0 Å². The van der Waals surface area contributed by atoms with Crippen LogP contribution >= 0.6 is 15.9 Å². The summed E-state index contributed by atoms with van der Waals surface area (Å²) in [6, 6.07) is 1.30. The predicted molar refractivity (Wildman–Crippen MR) is 41.7 cm³/mol. The molecule has 0 amide bonds. The summed E-state index contributed by atoms with van der Waals surface area (Å²) in [6.07, 6.45) is -1.53. The molecular formula is C7H5BrF3N. The number of aromatic nitrogens is 1. The molecule has 1 aromatic heterocycles. The van der Waals surface area contributed by atoms with Gasteiger partial charge in [0.15, 0.2) is 0 Å². The van der Waals surface area contributed by atoms with E-state index in [0.717, 1.165) is 6.20 Å². The van der Waals surface area contributed by atoms with E-state index in [1.807, 2.05) is 0 Å². The van der Waals surface area contributed by atoms with Gasteiger partial charge in [-0.1, -0.05) is 0 Å². The third-order valence-corrected chi connectivity index (χ3v) is 1.92. The first-order chi connectivity index (χ1) is 5.65. The Labute approximate surface area is 75.7 Å². The molecule has 0 spiro atoms. The highest BCUT2D eigenvalue weighted by Crippen LogP contribution is 2.25. The van der Waals surface area contributed by atoms with Gasteiger partial charge >= 0.3 is 0 Å². The highest BCUT2D eigenvalue weighted by molar-refractivity contribution is 9.10. The van der Waals surface area contributed by atoms with Crippen LogP contribution in [0.4, 0.5) is 13.2 Å². The molecule has 0 aliphatic carbocycles. The molecule has 0 saturated carbocycles. The second kappa shape index (κ2) is 3.89. The maximum absolute atomic E-state index is 12.1. The molecule has 12 heavy (non-hydrogen) atoms. The molecule has 0 fully saturated rings. The topological polar surface area (TPSA) is 12.9 Å². The predicted octanol–water partition coefficient (Wildman–Crippen LogP) is 3.25. The van der Waals surface area contributed by atoms with Crippen LogP contribution in [0.3, 0.4) is 0 Å². The maximum Gasteiger partial charge on any atom is 0.281 e. The Kier molecular flexibility index (Phi) is 3.08. The van der Waals surface area contributed by atoms with Crippen LogP contribution in [0.15, 0.2) is 16.7 Å². The minimum atomic E-state index is -2.63. The highest BCUT2D eigenvalue weighted by atomic mass is 79.9. The lowest BCUT2D eigenvalue weighted by Crippen LogP contribution is -1.93. The zero-order valence-corrected chi connectivity index (χ0v) is 7.48. The Morgan fingerprint density at radius 2 is 2.17 bits per heavy atom. The van der Waals surface area contributed by atoms with E-state index >= 15 is 0 Å². The standard InChI is InChI=1S/C7H5BrF3N/c8-5-1-4(2-9)3-12-6(5)7(10)11/h1,3,7H,2H2. The second-order valence-corrected chi connectivity index (χ2v) is 3.00. The number of nitrogens with zero attached hydrogens (tertiary/aromatic N) is 1. The van der Waals surface area contributed by atoms with Crippen LogP contribution in [0.5, 0.6) is 0 Å². The Bertz CT molecular complexity index is 277. The zero-order valence-electron chi connectivity index (χ0n) is 5.90. The van der Waals surface area contributed by atoms with Gasteiger partial charge in [-0.15, -0.1) is 0 Å². The summed E-state index contributed by atoms with van der Waals surface area (Å²) in [6.45, 7) is -0.699. The van der Waals surface area contributed by atoms with Crippen molar-refractivity contribution in [3.8, 4) is 0 Å². The van der Waals surface area contributed by atoms with Crippen molar-refractivity contribution in [1.29, 1.82) is 0 Å². The van der Waals surface area contributed by atoms with E-state index in [2.05, 4.69) is 20.9 Å². The Morgan fingerprint density at radius 1 is 1.50 bits per heavy atom. The van der Waals surface area contributed by atoms with E-state index in [-0.39, 0.29) is 15.7 Å². The molecule has 0 bridgehead atoms. The third kappa shape index (κ3) is 1.97. The Balaban J connectivity index is 3.03. The number of halogens is 4. The first kappa shape index (κ1) is 9.51. The normalized spacial score (nSPS) is 10.8. The number of rotatable bonds is 2.